The molecule has 0 amide bonds. The molecule has 0 unspecified atom stereocenters. The van der Waals surface area contributed by atoms with Gasteiger partial charge in [-0.2, -0.15) is 0 Å². The molecule has 108 valence electrons. The number of aromatic nitrogens is 1. The van der Waals surface area contributed by atoms with Crippen molar-refractivity contribution in [1.82, 2.24) is 9.88 Å². The van der Waals surface area contributed by atoms with Gasteiger partial charge in [0.1, 0.15) is 0 Å². The van der Waals surface area contributed by atoms with E-state index in [1.54, 1.807) is 11.3 Å². The van der Waals surface area contributed by atoms with Crippen LogP contribution in [-0.2, 0) is 13.1 Å². The molecular weight excluding hydrogens is 313 g/mol. The molecule has 1 aliphatic rings. The molecule has 0 spiro atoms. The minimum atomic E-state index is 0. The van der Waals surface area contributed by atoms with Crippen molar-refractivity contribution in [1.29, 1.82) is 0 Å². The summed E-state index contributed by atoms with van der Waals surface area (Å²) in [6, 6.07) is 8.80. The molecule has 3 rings (SSSR count). The predicted molar refractivity (Wildman–Crippen MR) is 87.5 cm³/mol. The highest BCUT2D eigenvalue weighted by molar-refractivity contribution is 7.15. The lowest BCUT2D eigenvalue weighted by atomic mass is 10.2. The lowest BCUT2D eigenvalue weighted by Gasteiger charge is -2.21. The molecule has 6 heteroatoms. The Hall–Kier alpha value is -0.810. The van der Waals surface area contributed by atoms with Crippen molar-refractivity contribution in [3.63, 3.8) is 0 Å². The van der Waals surface area contributed by atoms with E-state index in [0.717, 1.165) is 18.1 Å². The first-order chi connectivity index (χ1) is 9.20. The van der Waals surface area contributed by atoms with Crippen LogP contribution in [0, 0.1) is 0 Å². The van der Waals surface area contributed by atoms with Crippen molar-refractivity contribution < 1.29 is 0 Å². The highest BCUT2D eigenvalue weighted by Crippen LogP contribution is 2.31. The van der Waals surface area contributed by atoms with Gasteiger partial charge in [-0.25, -0.2) is 4.98 Å². The van der Waals surface area contributed by atoms with E-state index < -0.39 is 0 Å². The smallest absolute Gasteiger partial charge is 0.180 e. The number of thiazole rings is 1. The van der Waals surface area contributed by atoms with Gasteiger partial charge in [0.25, 0.3) is 0 Å². The molecule has 1 saturated carbocycles. The Morgan fingerprint density at radius 3 is 2.50 bits per heavy atom. The van der Waals surface area contributed by atoms with Gasteiger partial charge in [0.05, 0.1) is 0 Å². The summed E-state index contributed by atoms with van der Waals surface area (Å²) in [6.07, 6.45) is 4.47. The maximum absolute atomic E-state index is 5.92. The SMILES string of the molecule is Cl.Nc1ncc(CN(Cc2ccc(Cl)cc2)C2CC2)s1. The Morgan fingerprint density at radius 2 is 1.95 bits per heavy atom. The standard InChI is InChI=1S/C14H16ClN3S.ClH/c15-11-3-1-10(2-4-11)8-18(12-5-6-12)9-13-7-17-14(16)19-13;/h1-4,7,12H,5-6,8-9H2,(H2,16,17);1H. The summed E-state index contributed by atoms with van der Waals surface area (Å²) in [4.78, 5) is 7.85. The predicted octanol–water partition coefficient (Wildman–Crippen LogP) is 3.97. The first-order valence-corrected chi connectivity index (χ1v) is 7.59. The molecule has 3 nitrogen and oxygen atoms in total. The first-order valence-electron chi connectivity index (χ1n) is 6.39. The van der Waals surface area contributed by atoms with E-state index in [1.807, 2.05) is 18.3 Å². The van der Waals surface area contributed by atoms with Crippen molar-refractivity contribution in [2.45, 2.75) is 32.0 Å². The average Bonchev–Trinajstić information content (AvgIpc) is 3.16. The summed E-state index contributed by atoms with van der Waals surface area (Å²) in [5.74, 6) is 0. The zero-order chi connectivity index (χ0) is 13.2. The molecule has 20 heavy (non-hydrogen) atoms. The van der Waals surface area contributed by atoms with Gasteiger partial charge in [-0.05, 0) is 30.5 Å². The summed E-state index contributed by atoms with van der Waals surface area (Å²) in [5, 5.41) is 1.44. The molecule has 2 aromatic rings. The maximum Gasteiger partial charge on any atom is 0.180 e. The number of nitrogens with zero attached hydrogens (tertiary/aromatic N) is 2. The fourth-order valence-corrected chi connectivity index (χ4v) is 3.01. The lowest BCUT2D eigenvalue weighted by molar-refractivity contribution is 0.248. The van der Waals surface area contributed by atoms with Gasteiger partial charge in [0.15, 0.2) is 5.13 Å². The van der Waals surface area contributed by atoms with Crippen molar-refractivity contribution in [2.75, 3.05) is 5.73 Å². The Balaban J connectivity index is 0.00000147. The van der Waals surface area contributed by atoms with E-state index in [0.29, 0.717) is 11.2 Å². The largest absolute Gasteiger partial charge is 0.375 e. The van der Waals surface area contributed by atoms with Crippen LogP contribution in [0.2, 0.25) is 5.02 Å². The van der Waals surface area contributed by atoms with Gasteiger partial charge in [0.2, 0.25) is 0 Å². The zero-order valence-electron chi connectivity index (χ0n) is 11.0. The van der Waals surface area contributed by atoms with E-state index in [4.69, 9.17) is 17.3 Å². The second-order valence-electron chi connectivity index (χ2n) is 4.93. The quantitative estimate of drug-likeness (QED) is 0.902. The zero-order valence-corrected chi connectivity index (χ0v) is 13.3. The van der Waals surface area contributed by atoms with Crippen LogP contribution >= 0.6 is 35.3 Å². The minimum absolute atomic E-state index is 0. The van der Waals surface area contributed by atoms with Crippen LogP contribution in [0.5, 0.6) is 0 Å². The van der Waals surface area contributed by atoms with Crippen LogP contribution in [0.3, 0.4) is 0 Å². The summed E-state index contributed by atoms with van der Waals surface area (Å²) in [5.41, 5.74) is 6.99. The van der Waals surface area contributed by atoms with Gasteiger partial charge in [-0.15, -0.1) is 23.7 Å². The monoisotopic (exact) mass is 329 g/mol. The van der Waals surface area contributed by atoms with E-state index in [2.05, 4.69) is 22.0 Å². The van der Waals surface area contributed by atoms with E-state index in [1.165, 1.54) is 23.3 Å². The van der Waals surface area contributed by atoms with E-state index in [9.17, 15) is 0 Å². The van der Waals surface area contributed by atoms with Gasteiger partial charge in [0, 0.05) is 35.2 Å². The number of rotatable bonds is 5. The van der Waals surface area contributed by atoms with Gasteiger partial charge in [-0.1, -0.05) is 23.7 Å². The number of benzene rings is 1. The molecule has 1 aromatic carbocycles. The summed E-state index contributed by atoms with van der Waals surface area (Å²) < 4.78 is 0. The third-order valence-corrected chi connectivity index (χ3v) is 4.36. The van der Waals surface area contributed by atoms with Gasteiger partial charge >= 0.3 is 0 Å². The van der Waals surface area contributed by atoms with Crippen molar-refractivity contribution in [2.24, 2.45) is 0 Å². The summed E-state index contributed by atoms with van der Waals surface area (Å²) in [6.45, 7) is 1.89. The molecule has 1 aromatic heterocycles. The number of anilines is 1. The van der Waals surface area contributed by atoms with Gasteiger partial charge < -0.3 is 5.73 Å². The molecule has 1 heterocycles. The Kier molecular flexibility index (Phi) is 5.27. The highest BCUT2D eigenvalue weighted by Gasteiger charge is 2.29. The Labute approximate surface area is 134 Å². The molecule has 0 atom stereocenters. The van der Waals surface area contributed by atoms with Gasteiger partial charge in [-0.3, -0.25) is 4.90 Å². The summed E-state index contributed by atoms with van der Waals surface area (Å²) in [7, 11) is 0. The fraction of sp³-hybridized carbons (Fsp3) is 0.357. The molecule has 0 radical (unpaired) electrons. The van der Waals surface area contributed by atoms with Crippen molar-refractivity contribution >= 4 is 40.5 Å². The van der Waals surface area contributed by atoms with Crippen LogP contribution in [0.25, 0.3) is 0 Å². The Bertz CT molecular complexity index is 552. The molecule has 2 N–H and O–H groups in total. The Morgan fingerprint density at radius 1 is 1.25 bits per heavy atom. The second-order valence-corrected chi connectivity index (χ2v) is 6.51. The number of hydrogen-bond donors (Lipinski definition) is 1. The van der Waals surface area contributed by atoms with Crippen molar-refractivity contribution in [3.05, 3.63) is 45.9 Å². The lowest BCUT2D eigenvalue weighted by Crippen LogP contribution is -2.24. The van der Waals surface area contributed by atoms with Crippen LogP contribution in [0.15, 0.2) is 30.5 Å². The number of halogens is 2. The average molecular weight is 330 g/mol. The molecular formula is C14H17Cl2N3S. The molecule has 0 aliphatic heterocycles. The third kappa shape index (κ3) is 4.09. The molecule has 1 fully saturated rings. The molecule has 1 aliphatic carbocycles. The normalized spacial score (nSPS) is 14.3. The summed E-state index contributed by atoms with van der Waals surface area (Å²) >= 11 is 7.50. The molecule has 0 bridgehead atoms. The van der Waals surface area contributed by atoms with E-state index >= 15 is 0 Å². The van der Waals surface area contributed by atoms with Crippen molar-refractivity contribution in [3.8, 4) is 0 Å². The van der Waals surface area contributed by atoms with Crippen LogP contribution in [0.1, 0.15) is 23.3 Å². The number of nitrogens with two attached hydrogens (primary N) is 1. The highest BCUT2D eigenvalue weighted by atomic mass is 35.5. The topological polar surface area (TPSA) is 42.1 Å². The maximum atomic E-state index is 5.92. The number of hydrogen-bond acceptors (Lipinski definition) is 4. The van der Waals surface area contributed by atoms with E-state index in [-0.39, 0.29) is 12.4 Å². The van der Waals surface area contributed by atoms with Crippen LogP contribution in [-0.4, -0.2) is 15.9 Å². The van der Waals surface area contributed by atoms with Crippen LogP contribution in [0.4, 0.5) is 5.13 Å². The van der Waals surface area contributed by atoms with Crippen LogP contribution < -0.4 is 5.73 Å². The minimum Gasteiger partial charge on any atom is -0.375 e. The molecule has 0 saturated heterocycles. The second kappa shape index (κ2) is 6.76. The number of nitrogen functional groups attached to an aromatic ring is 1. The first kappa shape index (κ1) is 15.6. The fourth-order valence-electron chi connectivity index (χ4n) is 2.17. The third-order valence-electron chi connectivity index (χ3n) is 3.29.